The monoisotopic (exact) mass is 235 g/mol. The van der Waals surface area contributed by atoms with Crippen LogP contribution in [0.4, 0.5) is 13.2 Å². The highest BCUT2D eigenvalue weighted by atomic mass is 19.4. The lowest BCUT2D eigenvalue weighted by molar-refractivity contribution is -0.128. The third-order valence-corrected chi connectivity index (χ3v) is 2.27. The average Bonchev–Trinajstić information content (AvgIpc) is 2.86. The minimum atomic E-state index is -4.29. The molecule has 0 unspecified atom stereocenters. The van der Waals surface area contributed by atoms with E-state index in [-0.39, 0.29) is 11.7 Å². The molecule has 90 valence electrons. The van der Waals surface area contributed by atoms with Crippen molar-refractivity contribution in [2.24, 2.45) is 5.92 Å². The molecular weight excluding hydrogens is 223 g/mol. The van der Waals surface area contributed by atoms with Gasteiger partial charge in [0.2, 0.25) is 5.89 Å². The SMILES string of the molecule is FC(F)(F)Cc1noc(CNCC2CC2)n1. The van der Waals surface area contributed by atoms with Gasteiger partial charge in [0.05, 0.1) is 6.54 Å². The molecular formula is C9H12F3N3O. The number of rotatable bonds is 5. The van der Waals surface area contributed by atoms with E-state index in [0.717, 1.165) is 6.54 Å². The van der Waals surface area contributed by atoms with Crippen molar-refractivity contribution in [3.63, 3.8) is 0 Å². The molecule has 0 atom stereocenters. The zero-order valence-electron chi connectivity index (χ0n) is 8.55. The van der Waals surface area contributed by atoms with Crippen molar-refractivity contribution < 1.29 is 17.7 Å². The fourth-order valence-electron chi connectivity index (χ4n) is 1.32. The normalized spacial score (nSPS) is 16.7. The Balaban J connectivity index is 1.77. The average molecular weight is 235 g/mol. The summed E-state index contributed by atoms with van der Waals surface area (Å²) in [7, 11) is 0. The lowest BCUT2D eigenvalue weighted by Gasteiger charge is -2.00. The number of nitrogens with one attached hydrogen (secondary N) is 1. The van der Waals surface area contributed by atoms with E-state index in [0.29, 0.717) is 12.5 Å². The molecule has 1 aliphatic rings. The Morgan fingerprint density at radius 1 is 1.38 bits per heavy atom. The second kappa shape index (κ2) is 4.40. The number of aromatic nitrogens is 2. The smallest absolute Gasteiger partial charge is 0.338 e. The van der Waals surface area contributed by atoms with Crippen LogP contribution in [0.15, 0.2) is 4.52 Å². The van der Waals surface area contributed by atoms with Gasteiger partial charge in [-0.25, -0.2) is 0 Å². The summed E-state index contributed by atoms with van der Waals surface area (Å²) in [5.74, 6) is 0.605. The Labute approximate surface area is 90.2 Å². The Morgan fingerprint density at radius 3 is 2.75 bits per heavy atom. The van der Waals surface area contributed by atoms with E-state index in [2.05, 4.69) is 20.0 Å². The van der Waals surface area contributed by atoms with E-state index in [1.54, 1.807) is 0 Å². The number of nitrogens with zero attached hydrogens (tertiary/aromatic N) is 2. The van der Waals surface area contributed by atoms with E-state index in [9.17, 15) is 13.2 Å². The van der Waals surface area contributed by atoms with Gasteiger partial charge in [-0.15, -0.1) is 0 Å². The van der Waals surface area contributed by atoms with Crippen molar-refractivity contribution in [2.75, 3.05) is 6.54 Å². The summed E-state index contributed by atoms with van der Waals surface area (Å²) < 4.78 is 40.6. The van der Waals surface area contributed by atoms with Gasteiger partial charge < -0.3 is 9.84 Å². The molecule has 0 bridgehead atoms. The van der Waals surface area contributed by atoms with Crippen molar-refractivity contribution in [2.45, 2.75) is 32.0 Å². The van der Waals surface area contributed by atoms with Crippen LogP contribution in [-0.4, -0.2) is 22.9 Å². The number of alkyl halides is 3. The number of hydrogen-bond acceptors (Lipinski definition) is 4. The zero-order valence-corrected chi connectivity index (χ0v) is 8.55. The molecule has 0 aliphatic heterocycles. The third kappa shape index (κ3) is 3.80. The number of hydrogen-bond donors (Lipinski definition) is 1. The van der Waals surface area contributed by atoms with Crippen LogP contribution in [0.5, 0.6) is 0 Å². The Hall–Kier alpha value is -1.11. The fraction of sp³-hybridized carbons (Fsp3) is 0.778. The lowest BCUT2D eigenvalue weighted by atomic mass is 10.4. The minimum absolute atomic E-state index is 0.208. The summed E-state index contributed by atoms with van der Waals surface area (Å²) in [5.41, 5.74) is 0. The molecule has 0 saturated heterocycles. The quantitative estimate of drug-likeness (QED) is 0.843. The highest BCUT2D eigenvalue weighted by molar-refractivity contribution is 4.88. The molecule has 0 spiro atoms. The molecule has 0 radical (unpaired) electrons. The highest BCUT2D eigenvalue weighted by Crippen LogP contribution is 2.27. The highest BCUT2D eigenvalue weighted by Gasteiger charge is 2.30. The first-order valence-corrected chi connectivity index (χ1v) is 5.12. The van der Waals surface area contributed by atoms with E-state index >= 15 is 0 Å². The molecule has 1 N–H and O–H groups in total. The third-order valence-electron chi connectivity index (χ3n) is 2.27. The molecule has 1 saturated carbocycles. The predicted octanol–water partition coefficient (Wildman–Crippen LogP) is 1.67. The van der Waals surface area contributed by atoms with Crippen LogP contribution in [0, 0.1) is 5.92 Å². The molecule has 1 aromatic rings. The molecule has 1 heterocycles. The second-order valence-corrected chi connectivity index (χ2v) is 3.97. The summed E-state index contributed by atoms with van der Waals surface area (Å²) in [6.07, 6.45) is -2.99. The van der Waals surface area contributed by atoms with Crippen LogP contribution >= 0.6 is 0 Å². The van der Waals surface area contributed by atoms with E-state index in [4.69, 9.17) is 0 Å². The van der Waals surface area contributed by atoms with E-state index in [1.165, 1.54) is 12.8 Å². The standard InChI is InChI=1S/C9H12F3N3O/c10-9(11,12)3-7-14-8(16-15-7)5-13-4-6-1-2-6/h6,13H,1-5H2. The van der Waals surface area contributed by atoms with Crippen molar-refractivity contribution >= 4 is 0 Å². The van der Waals surface area contributed by atoms with Gasteiger partial charge in [-0.05, 0) is 25.3 Å². The van der Waals surface area contributed by atoms with Crippen LogP contribution in [0.1, 0.15) is 24.6 Å². The van der Waals surface area contributed by atoms with Gasteiger partial charge >= 0.3 is 6.18 Å². The number of halogens is 3. The first-order valence-electron chi connectivity index (χ1n) is 5.12. The van der Waals surface area contributed by atoms with Gasteiger partial charge in [0.1, 0.15) is 6.42 Å². The topological polar surface area (TPSA) is 51.0 Å². The summed E-state index contributed by atoms with van der Waals surface area (Å²) in [6.45, 7) is 1.19. The van der Waals surface area contributed by atoms with Crippen molar-refractivity contribution in [3.8, 4) is 0 Å². The van der Waals surface area contributed by atoms with Crippen LogP contribution < -0.4 is 5.32 Å². The van der Waals surface area contributed by atoms with Crippen LogP contribution in [0.2, 0.25) is 0 Å². The maximum absolute atomic E-state index is 12.0. The molecule has 1 aliphatic carbocycles. The Kier molecular flexibility index (Phi) is 3.13. The maximum Gasteiger partial charge on any atom is 0.396 e. The van der Waals surface area contributed by atoms with Gasteiger partial charge in [-0.2, -0.15) is 18.2 Å². The van der Waals surface area contributed by atoms with Crippen LogP contribution in [0.25, 0.3) is 0 Å². The molecule has 0 amide bonds. The van der Waals surface area contributed by atoms with Crippen molar-refractivity contribution in [1.29, 1.82) is 0 Å². The van der Waals surface area contributed by atoms with Gasteiger partial charge in [0, 0.05) is 0 Å². The van der Waals surface area contributed by atoms with Gasteiger partial charge in [-0.1, -0.05) is 5.16 Å². The molecule has 7 heteroatoms. The molecule has 0 aromatic carbocycles. The van der Waals surface area contributed by atoms with Crippen LogP contribution in [0.3, 0.4) is 0 Å². The Bertz CT molecular complexity index is 346. The van der Waals surface area contributed by atoms with Crippen LogP contribution in [-0.2, 0) is 13.0 Å². The van der Waals surface area contributed by atoms with Crippen molar-refractivity contribution in [1.82, 2.24) is 15.5 Å². The minimum Gasteiger partial charge on any atom is -0.338 e. The van der Waals surface area contributed by atoms with Gasteiger partial charge in [0.25, 0.3) is 0 Å². The van der Waals surface area contributed by atoms with E-state index < -0.39 is 12.6 Å². The summed E-state index contributed by atoms with van der Waals surface area (Å²) in [6, 6.07) is 0. The molecule has 1 fully saturated rings. The zero-order chi connectivity index (χ0) is 11.6. The molecule has 2 rings (SSSR count). The molecule has 16 heavy (non-hydrogen) atoms. The summed E-state index contributed by atoms with van der Waals surface area (Å²) in [4.78, 5) is 3.65. The largest absolute Gasteiger partial charge is 0.396 e. The fourth-order valence-corrected chi connectivity index (χ4v) is 1.32. The van der Waals surface area contributed by atoms with Gasteiger partial charge in [0.15, 0.2) is 5.82 Å². The molecule has 1 aromatic heterocycles. The van der Waals surface area contributed by atoms with Crippen molar-refractivity contribution in [3.05, 3.63) is 11.7 Å². The maximum atomic E-state index is 12.0. The predicted molar refractivity (Wildman–Crippen MR) is 48.5 cm³/mol. The Morgan fingerprint density at radius 2 is 2.12 bits per heavy atom. The van der Waals surface area contributed by atoms with Gasteiger partial charge in [-0.3, -0.25) is 0 Å². The second-order valence-electron chi connectivity index (χ2n) is 3.97. The summed E-state index contributed by atoms with van der Waals surface area (Å²) >= 11 is 0. The van der Waals surface area contributed by atoms with E-state index in [1.807, 2.05) is 0 Å². The lowest BCUT2D eigenvalue weighted by Crippen LogP contribution is -2.16. The summed E-state index contributed by atoms with van der Waals surface area (Å²) in [5, 5.41) is 6.33. The first-order chi connectivity index (χ1) is 7.53. The molecule has 4 nitrogen and oxygen atoms in total. The first kappa shape index (κ1) is 11.4.